The molecule has 0 unspecified atom stereocenters. The lowest BCUT2D eigenvalue weighted by atomic mass is 9.90. The second-order valence-electron chi connectivity index (χ2n) is 11.0. The Labute approximate surface area is 246 Å². The molecule has 0 spiro atoms. The van der Waals surface area contributed by atoms with E-state index >= 15 is 0 Å². The SMILES string of the molecule is c1ccc(-c2cc(-c3ccccc3)cc(-c3cccc(-c4ccc5c6ccccc6c6ccccc6c5c4)c3)c2)cc1. The van der Waals surface area contributed by atoms with Crippen LogP contribution in [0.2, 0.25) is 0 Å². The van der Waals surface area contributed by atoms with Gasteiger partial charge in [-0.1, -0.05) is 140 Å². The van der Waals surface area contributed by atoms with Crippen LogP contribution in [0.25, 0.3) is 76.8 Å². The second-order valence-corrected chi connectivity index (χ2v) is 11.0. The van der Waals surface area contributed by atoms with Crippen molar-refractivity contribution in [2.75, 3.05) is 0 Å². The highest BCUT2D eigenvalue weighted by Gasteiger charge is 2.11. The van der Waals surface area contributed by atoms with E-state index in [1.807, 2.05) is 0 Å². The third-order valence-corrected chi connectivity index (χ3v) is 8.42. The molecule has 8 aromatic carbocycles. The van der Waals surface area contributed by atoms with Crippen LogP contribution in [0.1, 0.15) is 0 Å². The fraction of sp³-hybridized carbons (Fsp3) is 0. The van der Waals surface area contributed by atoms with Gasteiger partial charge in [0.15, 0.2) is 0 Å². The number of fused-ring (bicyclic) bond motifs is 6. The third-order valence-electron chi connectivity index (χ3n) is 8.42. The van der Waals surface area contributed by atoms with Crippen molar-refractivity contribution in [3.8, 4) is 44.5 Å². The van der Waals surface area contributed by atoms with Crippen LogP contribution >= 0.6 is 0 Å². The van der Waals surface area contributed by atoms with E-state index in [0.29, 0.717) is 0 Å². The van der Waals surface area contributed by atoms with E-state index in [1.165, 1.54) is 76.8 Å². The van der Waals surface area contributed by atoms with E-state index in [9.17, 15) is 0 Å². The molecule has 8 aromatic rings. The summed E-state index contributed by atoms with van der Waals surface area (Å²) in [6, 6.07) is 61.8. The van der Waals surface area contributed by atoms with Crippen molar-refractivity contribution in [1.82, 2.24) is 0 Å². The lowest BCUT2D eigenvalue weighted by Gasteiger charge is -2.14. The van der Waals surface area contributed by atoms with Gasteiger partial charge < -0.3 is 0 Å². The van der Waals surface area contributed by atoms with Crippen LogP contribution in [0.4, 0.5) is 0 Å². The van der Waals surface area contributed by atoms with Gasteiger partial charge in [-0.25, -0.2) is 0 Å². The summed E-state index contributed by atoms with van der Waals surface area (Å²) in [6.45, 7) is 0. The van der Waals surface area contributed by atoms with Crippen LogP contribution in [0, 0.1) is 0 Å². The van der Waals surface area contributed by atoms with Gasteiger partial charge in [0.2, 0.25) is 0 Å². The average Bonchev–Trinajstić information content (AvgIpc) is 3.09. The summed E-state index contributed by atoms with van der Waals surface area (Å²) in [4.78, 5) is 0. The average molecular weight is 533 g/mol. The number of hydrogen-bond donors (Lipinski definition) is 0. The van der Waals surface area contributed by atoms with Crippen molar-refractivity contribution in [3.05, 3.63) is 170 Å². The first kappa shape index (κ1) is 24.3. The number of rotatable bonds is 4. The quantitative estimate of drug-likeness (QED) is 0.198. The number of hydrogen-bond acceptors (Lipinski definition) is 0. The maximum absolute atomic E-state index is 2.37. The molecule has 0 amide bonds. The van der Waals surface area contributed by atoms with Crippen molar-refractivity contribution in [3.63, 3.8) is 0 Å². The molecule has 0 aliphatic rings. The van der Waals surface area contributed by atoms with Gasteiger partial charge in [-0.3, -0.25) is 0 Å². The first-order valence-electron chi connectivity index (χ1n) is 14.5. The normalized spacial score (nSPS) is 11.3. The highest BCUT2D eigenvalue weighted by molar-refractivity contribution is 6.25. The molecule has 0 aliphatic heterocycles. The molecule has 0 radical (unpaired) electrons. The fourth-order valence-corrected chi connectivity index (χ4v) is 6.35. The Morgan fingerprint density at radius 2 is 0.500 bits per heavy atom. The van der Waals surface area contributed by atoms with E-state index in [4.69, 9.17) is 0 Å². The Hall–Kier alpha value is -5.46. The Kier molecular flexibility index (Phi) is 5.90. The second kappa shape index (κ2) is 10.2. The first-order chi connectivity index (χ1) is 20.8. The summed E-state index contributed by atoms with van der Waals surface area (Å²) < 4.78 is 0. The molecule has 0 saturated heterocycles. The molecular formula is C42H28. The van der Waals surface area contributed by atoms with Crippen LogP contribution in [-0.2, 0) is 0 Å². The van der Waals surface area contributed by atoms with Crippen LogP contribution < -0.4 is 0 Å². The molecule has 0 nitrogen and oxygen atoms in total. The fourth-order valence-electron chi connectivity index (χ4n) is 6.35. The summed E-state index contributed by atoms with van der Waals surface area (Å²) in [6.07, 6.45) is 0. The highest BCUT2D eigenvalue weighted by Crippen LogP contribution is 2.38. The molecule has 196 valence electrons. The van der Waals surface area contributed by atoms with E-state index in [1.54, 1.807) is 0 Å². The minimum Gasteiger partial charge on any atom is -0.0622 e. The van der Waals surface area contributed by atoms with E-state index < -0.39 is 0 Å². The van der Waals surface area contributed by atoms with E-state index in [2.05, 4.69) is 170 Å². The van der Waals surface area contributed by atoms with Crippen LogP contribution in [0.3, 0.4) is 0 Å². The Balaban J connectivity index is 1.29. The Bertz CT molecular complexity index is 2130. The van der Waals surface area contributed by atoms with Gasteiger partial charge in [-0.05, 0) is 107 Å². The molecular weight excluding hydrogens is 504 g/mol. The van der Waals surface area contributed by atoms with Gasteiger partial charge in [0.05, 0.1) is 0 Å². The standard InChI is InChI=1S/C42H28/c1-3-12-29(13-4-1)34-25-35(30-14-5-2-6-15-30)27-36(26-34)32-17-11-16-31(24-32)33-22-23-41-39-20-8-7-18-37(39)38-19-9-10-21-40(38)42(41)28-33/h1-28H. The third kappa shape index (κ3) is 4.26. The summed E-state index contributed by atoms with van der Waals surface area (Å²) in [5, 5.41) is 7.81. The van der Waals surface area contributed by atoms with Gasteiger partial charge in [0.1, 0.15) is 0 Å². The predicted octanol–water partition coefficient (Wildman–Crippen LogP) is 11.8. The van der Waals surface area contributed by atoms with Crippen LogP contribution in [0.15, 0.2) is 170 Å². The summed E-state index contributed by atoms with van der Waals surface area (Å²) in [7, 11) is 0. The topological polar surface area (TPSA) is 0 Å². The molecule has 0 aromatic heterocycles. The summed E-state index contributed by atoms with van der Waals surface area (Å²) in [5.41, 5.74) is 9.77. The minimum absolute atomic E-state index is 1.21. The van der Waals surface area contributed by atoms with Crippen molar-refractivity contribution < 1.29 is 0 Å². The molecule has 0 fully saturated rings. The minimum atomic E-state index is 1.21. The zero-order chi connectivity index (χ0) is 27.9. The van der Waals surface area contributed by atoms with Crippen molar-refractivity contribution in [2.45, 2.75) is 0 Å². The van der Waals surface area contributed by atoms with E-state index in [-0.39, 0.29) is 0 Å². The predicted molar refractivity (Wildman–Crippen MR) is 181 cm³/mol. The van der Waals surface area contributed by atoms with Gasteiger partial charge in [0, 0.05) is 0 Å². The molecule has 0 N–H and O–H groups in total. The molecule has 0 heterocycles. The Morgan fingerprint density at radius 3 is 1.02 bits per heavy atom. The molecule has 0 saturated carbocycles. The maximum atomic E-state index is 2.37. The first-order valence-corrected chi connectivity index (χ1v) is 14.5. The molecule has 0 bridgehead atoms. The molecule has 0 atom stereocenters. The van der Waals surface area contributed by atoms with Gasteiger partial charge in [-0.2, -0.15) is 0 Å². The Morgan fingerprint density at radius 1 is 0.167 bits per heavy atom. The van der Waals surface area contributed by atoms with Crippen LogP contribution in [-0.4, -0.2) is 0 Å². The molecule has 42 heavy (non-hydrogen) atoms. The zero-order valence-electron chi connectivity index (χ0n) is 23.2. The maximum Gasteiger partial charge on any atom is -0.00928 e. The van der Waals surface area contributed by atoms with Crippen molar-refractivity contribution in [1.29, 1.82) is 0 Å². The van der Waals surface area contributed by atoms with Gasteiger partial charge in [0.25, 0.3) is 0 Å². The smallest absolute Gasteiger partial charge is 0.00928 e. The zero-order valence-corrected chi connectivity index (χ0v) is 23.2. The molecule has 0 heteroatoms. The van der Waals surface area contributed by atoms with Crippen LogP contribution in [0.5, 0.6) is 0 Å². The largest absolute Gasteiger partial charge is 0.0622 e. The highest BCUT2D eigenvalue weighted by atomic mass is 14.2. The lowest BCUT2D eigenvalue weighted by molar-refractivity contribution is 1.56. The monoisotopic (exact) mass is 532 g/mol. The van der Waals surface area contributed by atoms with E-state index in [0.717, 1.165) is 0 Å². The van der Waals surface area contributed by atoms with Crippen molar-refractivity contribution in [2.24, 2.45) is 0 Å². The van der Waals surface area contributed by atoms with Gasteiger partial charge in [-0.15, -0.1) is 0 Å². The summed E-state index contributed by atoms with van der Waals surface area (Å²) in [5.74, 6) is 0. The van der Waals surface area contributed by atoms with Gasteiger partial charge >= 0.3 is 0 Å². The molecule has 0 aliphatic carbocycles. The summed E-state index contributed by atoms with van der Waals surface area (Å²) >= 11 is 0. The van der Waals surface area contributed by atoms with Crippen molar-refractivity contribution >= 4 is 32.3 Å². The lowest BCUT2D eigenvalue weighted by Crippen LogP contribution is -1.87. The molecule has 8 rings (SSSR count). The number of benzene rings is 8.